The van der Waals surface area contributed by atoms with Gasteiger partial charge in [-0.15, -0.1) is 0 Å². The molecule has 292 valence electrons. The number of allylic oxidation sites excluding steroid dienone is 7. The lowest BCUT2D eigenvalue weighted by Crippen LogP contribution is -2.45. The molecule has 0 bridgehead atoms. The third kappa shape index (κ3) is 34.9. The zero-order valence-corrected chi connectivity index (χ0v) is 33.8. The molecule has 3 atom stereocenters. The van der Waals surface area contributed by atoms with Crippen LogP contribution in [0.4, 0.5) is 0 Å². The Kier molecular flexibility index (Phi) is 32.3. The van der Waals surface area contributed by atoms with Gasteiger partial charge in [-0.2, -0.15) is 0 Å². The summed E-state index contributed by atoms with van der Waals surface area (Å²) in [5, 5.41) is 13.7. The van der Waals surface area contributed by atoms with Crippen LogP contribution >= 0.6 is 7.82 Å². The molecule has 0 spiro atoms. The second-order valence-electron chi connectivity index (χ2n) is 14.6. The van der Waals surface area contributed by atoms with E-state index in [0.29, 0.717) is 17.4 Å². The molecule has 1 amide bonds. The maximum Gasteiger partial charge on any atom is 0.472 e. The summed E-state index contributed by atoms with van der Waals surface area (Å²) in [4.78, 5) is 23.0. The third-order valence-corrected chi connectivity index (χ3v) is 9.51. The summed E-state index contributed by atoms with van der Waals surface area (Å²) < 4.78 is 23.4. The van der Waals surface area contributed by atoms with Crippen molar-refractivity contribution in [1.82, 2.24) is 5.32 Å². The molecule has 0 aromatic heterocycles. The number of phosphoric ester groups is 1. The predicted molar refractivity (Wildman–Crippen MR) is 212 cm³/mol. The summed E-state index contributed by atoms with van der Waals surface area (Å²) in [5.41, 5.74) is 0. The lowest BCUT2D eigenvalue weighted by atomic mass is 10.1. The Balaban J connectivity index is 4.60. The lowest BCUT2D eigenvalue weighted by Gasteiger charge is -2.25. The van der Waals surface area contributed by atoms with Gasteiger partial charge in [-0.25, -0.2) is 4.57 Å². The average Bonchev–Trinajstić information content (AvgIpc) is 3.06. The number of hydrogen-bond donors (Lipinski definition) is 3. The number of carbonyl (C=O) groups excluding carboxylic acids is 1. The number of nitrogens with zero attached hydrogens (tertiary/aromatic N) is 1. The summed E-state index contributed by atoms with van der Waals surface area (Å²) in [5.74, 6) is -0.205. The van der Waals surface area contributed by atoms with E-state index in [-0.39, 0.29) is 19.1 Å². The summed E-state index contributed by atoms with van der Waals surface area (Å²) >= 11 is 0. The molecule has 50 heavy (non-hydrogen) atoms. The molecule has 0 rings (SSSR count). The molecule has 3 N–H and O–H groups in total. The maximum atomic E-state index is 12.8. The molecule has 0 saturated heterocycles. The summed E-state index contributed by atoms with van der Waals surface area (Å²) in [6, 6.07) is -0.869. The van der Waals surface area contributed by atoms with Gasteiger partial charge in [-0.05, 0) is 57.8 Å². The number of hydrogen-bond acceptors (Lipinski definition) is 5. The minimum atomic E-state index is -4.34. The van der Waals surface area contributed by atoms with Crippen molar-refractivity contribution in [2.24, 2.45) is 0 Å². The first-order chi connectivity index (χ1) is 24.0. The van der Waals surface area contributed by atoms with Crippen molar-refractivity contribution in [3.05, 3.63) is 48.6 Å². The van der Waals surface area contributed by atoms with Gasteiger partial charge < -0.3 is 19.8 Å². The molecule has 0 aromatic carbocycles. The lowest BCUT2D eigenvalue weighted by molar-refractivity contribution is -0.870. The Hall–Kier alpha value is -1.54. The fraction of sp³-hybridized carbons (Fsp3) is 0.780. The average molecular weight is 726 g/mol. The largest absolute Gasteiger partial charge is 0.472 e. The van der Waals surface area contributed by atoms with Crippen LogP contribution in [0.3, 0.4) is 0 Å². The van der Waals surface area contributed by atoms with E-state index in [9.17, 15) is 19.4 Å². The molecule has 9 heteroatoms. The fourth-order valence-electron chi connectivity index (χ4n) is 5.25. The van der Waals surface area contributed by atoms with Crippen molar-refractivity contribution < 1.29 is 32.9 Å². The van der Waals surface area contributed by atoms with E-state index in [4.69, 9.17) is 9.05 Å². The molecule has 0 saturated carbocycles. The van der Waals surface area contributed by atoms with Crippen LogP contribution in [0, 0.1) is 0 Å². The fourth-order valence-corrected chi connectivity index (χ4v) is 5.98. The van der Waals surface area contributed by atoms with Crippen molar-refractivity contribution in [3.8, 4) is 0 Å². The van der Waals surface area contributed by atoms with Crippen molar-refractivity contribution >= 4 is 13.7 Å². The normalized spacial score (nSPS) is 15.1. The first-order valence-electron chi connectivity index (χ1n) is 20.0. The maximum absolute atomic E-state index is 12.8. The Morgan fingerprint density at radius 1 is 0.680 bits per heavy atom. The van der Waals surface area contributed by atoms with E-state index in [0.717, 1.165) is 64.2 Å². The number of quaternary nitrogens is 1. The van der Waals surface area contributed by atoms with Crippen molar-refractivity contribution in [2.45, 2.75) is 167 Å². The molecule has 3 unspecified atom stereocenters. The van der Waals surface area contributed by atoms with E-state index < -0.39 is 20.0 Å². The number of rotatable bonds is 35. The second kappa shape index (κ2) is 33.3. The zero-order chi connectivity index (χ0) is 37.2. The van der Waals surface area contributed by atoms with Gasteiger partial charge in [0.2, 0.25) is 5.91 Å². The van der Waals surface area contributed by atoms with Crippen LogP contribution in [0.15, 0.2) is 48.6 Å². The van der Waals surface area contributed by atoms with Crippen molar-refractivity contribution in [1.29, 1.82) is 0 Å². The first kappa shape index (κ1) is 48.5. The van der Waals surface area contributed by atoms with E-state index in [1.54, 1.807) is 6.08 Å². The number of aliphatic hydroxyl groups excluding tert-OH is 1. The Morgan fingerprint density at radius 3 is 1.78 bits per heavy atom. The van der Waals surface area contributed by atoms with Crippen LogP contribution in [0.1, 0.15) is 155 Å². The van der Waals surface area contributed by atoms with Crippen LogP contribution in [0.25, 0.3) is 0 Å². The predicted octanol–water partition coefficient (Wildman–Crippen LogP) is 10.5. The van der Waals surface area contributed by atoms with Gasteiger partial charge in [0.1, 0.15) is 13.2 Å². The molecule has 0 fully saturated rings. The highest BCUT2D eigenvalue weighted by molar-refractivity contribution is 7.47. The molecule has 0 aromatic rings. The van der Waals surface area contributed by atoms with Crippen LogP contribution < -0.4 is 5.32 Å². The molecular formula is C41H78N2O6P+. The molecule has 8 nitrogen and oxygen atoms in total. The minimum Gasteiger partial charge on any atom is -0.387 e. The first-order valence-corrected chi connectivity index (χ1v) is 21.5. The molecule has 0 aliphatic heterocycles. The number of aliphatic hydroxyl groups is 1. The van der Waals surface area contributed by atoms with E-state index >= 15 is 0 Å². The van der Waals surface area contributed by atoms with Crippen LogP contribution in [-0.2, 0) is 18.4 Å². The molecule has 0 radical (unpaired) electrons. The zero-order valence-electron chi connectivity index (χ0n) is 32.9. The second-order valence-corrected chi connectivity index (χ2v) is 16.1. The van der Waals surface area contributed by atoms with Gasteiger partial charge in [0, 0.05) is 6.42 Å². The SMILES string of the molecule is CCCC/C=C\C/C=C\CCCCCCCC(=O)NC(COP(=O)(O)OCC[N+](C)(C)C)C(O)/C=C/CC/C=C/CCCCCCCCCC. The van der Waals surface area contributed by atoms with Gasteiger partial charge in [0.05, 0.1) is 39.9 Å². The van der Waals surface area contributed by atoms with Crippen molar-refractivity contribution in [2.75, 3.05) is 40.9 Å². The standard InChI is InChI=1S/C41H77N2O6P/c1-6-8-10-12-14-16-18-20-22-24-26-28-30-32-34-40(44)39(38-49-50(46,47)48-37-36-43(3,4)5)42-41(45)35-33-31-29-27-25-23-21-19-17-15-13-11-9-7-2/h13,15,19,21,24,26,32,34,39-40,44H,6-12,14,16-18,20,22-23,25,27-31,33,35-38H2,1-5H3,(H-,42,45,46,47)/p+1/b15-13-,21-19-,26-24+,34-32+. The van der Waals surface area contributed by atoms with Crippen LogP contribution in [0.5, 0.6) is 0 Å². The van der Waals surface area contributed by atoms with Gasteiger partial charge in [-0.1, -0.05) is 140 Å². The topological polar surface area (TPSA) is 105 Å². The highest BCUT2D eigenvalue weighted by atomic mass is 31.2. The smallest absolute Gasteiger partial charge is 0.387 e. The Labute approximate surface area is 308 Å². The van der Waals surface area contributed by atoms with Gasteiger partial charge in [-0.3, -0.25) is 13.8 Å². The minimum absolute atomic E-state index is 0.0517. The number of likely N-dealkylation sites (N-methyl/N-ethyl adjacent to an activating group) is 1. The van der Waals surface area contributed by atoms with Gasteiger partial charge >= 0.3 is 7.82 Å². The number of nitrogens with one attached hydrogen (secondary N) is 1. The van der Waals surface area contributed by atoms with Crippen LogP contribution in [-0.4, -0.2) is 73.4 Å². The monoisotopic (exact) mass is 726 g/mol. The van der Waals surface area contributed by atoms with Gasteiger partial charge in [0.15, 0.2) is 0 Å². The Morgan fingerprint density at radius 2 is 1.18 bits per heavy atom. The quantitative estimate of drug-likeness (QED) is 0.0260. The summed E-state index contributed by atoms with van der Waals surface area (Å²) in [6.45, 7) is 4.70. The number of carbonyl (C=O) groups is 1. The van der Waals surface area contributed by atoms with Gasteiger partial charge in [0.25, 0.3) is 0 Å². The molecular weight excluding hydrogens is 647 g/mol. The van der Waals surface area contributed by atoms with Crippen LogP contribution in [0.2, 0.25) is 0 Å². The van der Waals surface area contributed by atoms with E-state index in [1.807, 2.05) is 27.2 Å². The highest BCUT2D eigenvalue weighted by Crippen LogP contribution is 2.43. The van der Waals surface area contributed by atoms with E-state index in [2.05, 4.69) is 55.6 Å². The Bertz CT molecular complexity index is 959. The number of phosphoric acid groups is 1. The third-order valence-electron chi connectivity index (χ3n) is 8.52. The van der Waals surface area contributed by atoms with E-state index in [1.165, 1.54) is 70.6 Å². The molecule has 0 heterocycles. The molecule has 0 aliphatic carbocycles. The highest BCUT2D eigenvalue weighted by Gasteiger charge is 2.27. The number of amides is 1. The molecule has 0 aliphatic rings. The number of unbranched alkanes of at least 4 members (excludes halogenated alkanes) is 16. The van der Waals surface area contributed by atoms with Crippen molar-refractivity contribution in [3.63, 3.8) is 0 Å². The summed E-state index contributed by atoms with van der Waals surface area (Å²) in [6.07, 6.45) is 40.3. The summed E-state index contributed by atoms with van der Waals surface area (Å²) in [7, 11) is 1.54.